The predicted octanol–water partition coefficient (Wildman–Crippen LogP) is 3.67. The SMILES string of the molecule is Cc1cc(NC(=O)N(C)CC(C)C)ccc1N1CCSCC1. The fourth-order valence-corrected chi connectivity index (χ4v) is 3.64. The summed E-state index contributed by atoms with van der Waals surface area (Å²) in [6.07, 6.45) is 0. The number of rotatable bonds is 4. The van der Waals surface area contributed by atoms with E-state index in [4.69, 9.17) is 0 Å². The van der Waals surface area contributed by atoms with Crippen LogP contribution >= 0.6 is 11.8 Å². The van der Waals surface area contributed by atoms with Crippen molar-refractivity contribution in [2.45, 2.75) is 20.8 Å². The highest BCUT2D eigenvalue weighted by Crippen LogP contribution is 2.26. The van der Waals surface area contributed by atoms with Crippen LogP contribution in [0.15, 0.2) is 18.2 Å². The minimum absolute atomic E-state index is 0.0461. The Kier molecular flexibility index (Phi) is 6.00. The Labute approximate surface area is 138 Å². The third kappa shape index (κ3) is 4.57. The van der Waals surface area contributed by atoms with Gasteiger partial charge in [-0.15, -0.1) is 0 Å². The number of carbonyl (C=O) groups is 1. The summed E-state index contributed by atoms with van der Waals surface area (Å²) in [4.78, 5) is 16.3. The summed E-state index contributed by atoms with van der Waals surface area (Å²) in [5.74, 6) is 2.85. The second-order valence-corrected chi connectivity index (χ2v) is 7.53. The second kappa shape index (κ2) is 7.77. The molecule has 0 unspecified atom stereocenters. The van der Waals surface area contributed by atoms with Crippen molar-refractivity contribution in [3.8, 4) is 0 Å². The highest BCUT2D eigenvalue weighted by Gasteiger charge is 2.15. The van der Waals surface area contributed by atoms with E-state index in [2.05, 4.69) is 43.1 Å². The molecule has 0 saturated carbocycles. The first kappa shape index (κ1) is 17.0. The lowest BCUT2D eigenvalue weighted by atomic mass is 10.1. The molecular weight excluding hydrogens is 294 g/mol. The fourth-order valence-electron chi connectivity index (χ4n) is 2.74. The van der Waals surface area contributed by atoms with Crippen LogP contribution in [0.2, 0.25) is 0 Å². The molecule has 1 N–H and O–H groups in total. The van der Waals surface area contributed by atoms with Gasteiger partial charge in [-0.25, -0.2) is 4.79 Å². The summed E-state index contributed by atoms with van der Waals surface area (Å²) >= 11 is 2.01. The molecular formula is C17H27N3OS. The normalized spacial score (nSPS) is 15.0. The largest absolute Gasteiger partial charge is 0.370 e. The van der Waals surface area contributed by atoms with Crippen LogP contribution in [0.4, 0.5) is 16.2 Å². The number of benzene rings is 1. The maximum atomic E-state index is 12.1. The van der Waals surface area contributed by atoms with Crippen molar-refractivity contribution in [1.29, 1.82) is 0 Å². The van der Waals surface area contributed by atoms with Gasteiger partial charge in [0.1, 0.15) is 0 Å². The zero-order valence-corrected chi connectivity index (χ0v) is 14.9. The van der Waals surface area contributed by atoms with Gasteiger partial charge in [-0.1, -0.05) is 13.8 Å². The number of nitrogens with one attached hydrogen (secondary N) is 1. The van der Waals surface area contributed by atoms with E-state index >= 15 is 0 Å². The molecule has 1 heterocycles. The predicted molar refractivity (Wildman–Crippen MR) is 97.2 cm³/mol. The van der Waals surface area contributed by atoms with Gasteiger partial charge in [-0.3, -0.25) is 0 Å². The Morgan fingerprint density at radius 1 is 1.36 bits per heavy atom. The van der Waals surface area contributed by atoms with Gasteiger partial charge in [0.25, 0.3) is 0 Å². The van der Waals surface area contributed by atoms with Crippen molar-refractivity contribution in [1.82, 2.24) is 4.90 Å². The Morgan fingerprint density at radius 2 is 2.05 bits per heavy atom. The van der Waals surface area contributed by atoms with Gasteiger partial charge in [0.15, 0.2) is 0 Å². The molecule has 1 aliphatic rings. The average molecular weight is 321 g/mol. The number of hydrogen-bond donors (Lipinski definition) is 1. The fraction of sp³-hybridized carbons (Fsp3) is 0.588. The van der Waals surface area contributed by atoms with Crippen molar-refractivity contribution in [3.05, 3.63) is 23.8 Å². The molecule has 4 nitrogen and oxygen atoms in total. The second-order valence-electron chi connectivity index (χ2n) is 6.31. The highest BCUT2D eigenvalue weighted by atomic mass is 32.2. The van der Waals surface area contributed by atoms with Gasteiger partial charge in [0.05, 0.1) is 0 Å². The van der Waals surface area contributed by atoms with Crippen LogP contribution in [0.25, 0.3) is 0 Å². The highest BCUT2D eigenvalue weighted by molar-refractivity contribution is 7.99. The first-order valence-electron chi connectivity index (χ1n) is 7.93. The minimum atomic E-state index is -0.0461. The van der Waals surface area contributed by atoms with E-state index in [9.17, 15) is 4.79 Å². The molecule has 1 aliphatic heterocycles. The Hall–Kier alpha value is -1.36. The van der Waals surface area contributed by atoms with Crippen molar-refractivity contribution in [3.63, 3.8) is 0 Å². The molecule has 1 aromatic carbocycles. The van der Waals surface area contributed by atoms with Gasteiger partial charge in [-0.2, -0.15) is 11.8 Å². The minimum Gasteiger partial charge on any atom is -0.370 e. The molecule has 0 aliphatic carbocycles. The number of carbonyl (C=O) groups excluding carboxylic acids is 1. The summed E-state index contributed by atoms with van der Waals surface area (Å²) in [6.45, 7) is 9.31. The van der Waals surface area contributed by atoms with Crippen LogP contribution in [0.5, 0.6) is 0 Å². The van der Waals surface area contributed by atoms with Crippen LogP contribution in [-0.2, 0) is 0 Å². The lowest BCUT2D eigenvalue weighted by Gasteiger charge is -2.30. The smallest absolute Gasteiger partial charge is 0.321 e. The first-order chi connectivity index (χ1) is 10.5. The number of nitrogens with zero attached hydrogens (tertiary/aromatic N) is 2. The van der Waals surface area contributed by atoms with E-state index in [0.29, 0.717) is 5.92 Å². The number of hydrogen-bond acceptors (Lipinski definition) is 3. The number of aryl methyl sites for hydroxylation is 1. The molecule has 0 radical (unpaired) electrons. The van der Waals surface area contributed by atoms with Crippen LogP contribution in [0, 0.1) is 12.8 Å². The van der Waals surface area contributed by atoms with E-state index in [0.717, 1.165) is 25.3 Å². The van der Waals surface area contributed by atoms with Crippen molar-refractivity contribution in [2.75, 3.05) is 48.4 Å². The van der Waals surface area contributed by atoms with Gasteiger partial charge in [0, 0.05) is 49.6 Å². The van der Waals surface area contributed by atoms with Gasteiger partial charge < -0.3 is 15.1 Å². The van der Waals surface area contributed by atoms with Crippen LogP contribution in [-0.4, -0.2) is 49.1 Å². The molecule has 0 spiro atoms. The molecule has 0 atom stereocenters. The maximum absolute atomic E-state index is 12.1. The topological polar surface area (TPSA) is 35.6 Å². The molecule has 122 valence electrons. The molecule has 5 heteroatoms. The summed E-state index contributed by atoms with van der Waals surface area (Å²) in [5.41, 5.74) is 3.37. The average Bonchev–Trinajstić information content (AvgIpc) is 2.47. The van der Waals surface area contributed by atoms with Crippen molar-refractivity contribution < 1.29 is 4.79 Å². The molecule has 1 fully saturated rings. The van der Waals surface area contributed by atoms with Crippen molar-refractivity contribution in [2.24, 2.45) is 5.92 Å². The number of thioether (sulfide) groups is 1. The number of amides is 2. The Bertz CT molecular complexity index is 513. The molecule has 2 rings (SSSR count). The molecule has 0 aromatic heterocycles. The Balaban J connectivity index is 2.01. The van der Waals surface area contributed by atoms with E-state index in [1.54, 1.807) is 4.90 Å². The standard InChI is InChI=1S/C17H27N3OS/c1-13(2)12-19(4)17(21)18-15-5-6-16(14(3)11-15)20-7-9-22-10-8-20/h5-6,11,13H,7-10,12H2,1-4H3,(H,18,21). The lowest BCUT2D eigenvalue weighted by molar-refractivity contribution is 0.217. The molecule has 1 saturated heterocycles. The van der Waals surface area contributed by atoms with E-state index in [1.807, 2.05) is 24.9 Å². The van der Waals surface area contributed by atoms with Crippen LogP contribution in [0.1, 0.15) is 19.4 Å². The number of urea groups is 1. The monoisotopic (exact) mass is 321 g/mol. The van der Waals surface area contributed by atoms with Crippen molar-refractivity contribution >= 4 is 29.2 Å². The molecule has 1 aromatic rings. The van der Waals surface area contributed by atoms with E-state index in [-0.39, 0.29) is 6.03 Å². The third-order valence-electron chi connectivity index (χ3n) is 3.79. The third-order valence-corrected chi connectivity index (χ3v) is 4.73. The molecule has 2 amide bonds. The van der Waals surface area contributed by atoms with E-state index in [1.165, 1.54) is 22.8 Å². The van der Waals surface area contributed by atoms with Crippen LogP contribution < -0.4 is 10.2 Å². The summed E-state index contributed by atoms with van der Waals surface area (Å²) in [7, 11) is 1.84. The van der Waals surface area contributed by atoms with Crippen LogP contribution in [0.3, 0.4) is 0 Å². The van der Waals surface area contributed by atoms with Gasteiger partial charge in [0.2, 0.25) is 0 Å². The van der Waals surface area contributed by atoms with E-state index < -0.39 is 0 Å². The summed E-state index contributed by atoms with van der Waals surface area (Å²) in [6, 6.07) is 6.16. The Morgan fingerprint density at radius 3 is 2.64 bits per heavy atom. The zero-order valence-electron chi connectivity index (χ0n) is 14.1. The van der Waals surface area contributed by atoms with Gasteiger partial charge in [-0.05, 0) is 36.6 Å². The number of anilines is 2. The summed E-state index contributed by atoms with van der Waals surface area (Å²) < 4.78 is 0. The zero-order chi connectivity index (χ0) is 16.1. The summed E-state index contributed by atoms with van der Waals surface area (Å²) in [5, 5.41) is 2.98. The van der Waals surface area contributed by atoms with Gasteiger partial charge >= 0.3 is 6.03 Å². The lowest BCUT2D eigenvalue weighted by Crippen LogP contribution is -2.34. The maximum Gasteiger partial charge on any atom is 0.321 e. The first-order valence-corrected chi connectivity index (χ1v) is 9.08. The molecule has 22 heavy (non-hydrogen) atoms. The molecule has 0 bridgehead atoms. The quantitative estimate of drug-likeness (QED) is 0.919.